The highest BCUT2D eigenvalue weighted by Gasteiger charge is 2.37. The van der Waals surface area contributed by atoms with Crippen LogP contribution in [-0.2, 0) is 9.59 Å². The molecule has 0 radical (unpaired) electrons. The predicted octanol–water partition coefficient (Wildman–Crippen LogP) is 1.46. The monoisotopic (exact) mass is 250 g/mol. The Morgan fingerprint density at radius 2 is 1.94 bits per heavy atom. The molecule has 1 N–H and O–H groups in total. The summed E-state index contributed by atoms with van der Waals surface area (Å²) in [5.41, 5.74) is -0.803. The van der Waals surface area contributed by atoms with E-state index in [0.717, 1.165) is 0 Å². The van der Waals surface area contributed by atoms with Gasteiger partial charge in [0.25, 0.3) is 5.91 Å². The van der Waals surface area contributed by atoms with Crippen LogP contribution in [-0.4, -0.2) is 23.9 Å². The molecule has 0 spiro atoms. The molecule has 1 fully saturated rings. The number of anilines is 1. The quantitative estimate of drug-likeness (QED) is 0.820. The number of nitrogens with one attached hydrogen (secondary N) is 1. The van der Waals surface area contributed by atoms with Gasteiger partial charge in [-0.25, -0.2) is 4.39 Å². The molecule has 1 aliphatic heterocycles. The van der Waals surface area contributed by atoms with Gasteiger partial charge in [0.2, 0.25) is 5.91 Å². The fraction of sp³-hybridized carbons (Fsp3) is 0.385. The third kappa shape index (κ3) is 2.20. The van der Waals surface area contributed by atoms with Crippen molar-refractivity contribution in [2.45, 2.75) is 25.8 Å². The maximum Gasteiger partial charge on any atom is 0.252 e. The smallest absolute Gasteiger partial charge is 0.252 e. The molecule has 18 heavy (non-hydrogen) atoms. The fourth-order valence-corrected chi connectivity index (χ4v) is 2.02. The molecule has 1 saturated heterocycles. The van der Waals surface area contributed by atoms with E-state index in [2.05, 4.69) is 5.32 Å². The van der Waals surface area contributed by atoms with Crippen LogP contribution in [0.5, 0.6) is 0 Å². The van der Waals surface area contributed by atoms with Gasteiger partial charge in [-0.3, -0.25) is 9.59 Å². The molecule has 1 aromatic rings. The zero-order valence-corrected chi connectivity index (χ0v) is 10.4. The SMILES string of the molecule is CC1(C)NC(=O)CCN(c2ccccc2F)C1=O. The van der Waals surface area contributed by atoms with Gasteiger partial charge in [0, 0.05) is 13.0 Å². The zero-order chi connectivity index (χ0) is 13.3. The van der Waals surface area contributed by atoms with Crippen molar-refractivity contribution >= 4 is 17.5 Å². The lowest BCUT2D eigenvalue weighted by Gasteiger charge is -2.29. The Balaban J connectivity index is 2.41. The topological polar surface area (TPSA) is 49.4 Å². The Morgan fingerprint density at radius 1 is 1.28 bits per heavy atom. The number of rotatable bonds is 1. The molecule has 0 atom stereocenters. The van der Waals surface area contributed by atoms with Crippen molar-refractivity contribution in [2.24, 2.45) is 0 Å². The van der Waals surface area contributed by atoms with Gasteiger partial charge >= 0.3 is 0 Å². The minimum atomic E-state index is -1.02. The Bertz CT molecular complexity index is 500. The van der Waals surface area contributed by atoms with E-state index >= 15 is 0 Å². The van der Waals surface area contributed by atoms with E-state index in [1.54, 1.807) is 32.0 Å². The molecule has 2 rings (SSSR count). The third-order valence-corrected chi connectivity index (χ3v) is 2.94. The van der Waals surface area contributed by atoms with Crippen molar-refractivity contribution < 1.29 is 14.0 Å². The van der Waals surface area contributed by atoms with Gasteiger partial charge < -0.3 is 10.2 Å². The Kier molecular flexibility index (Phi) is 3.07. The minimum absolute atomic E-state index is 0.170. The molecule has 0 saturated carbocycles. The number of hydrogen-bond donors (Lipinski definition) is 1. The van der Waals surface area contributed by atoms with Gasteiger partial charge in [-0.05, 0) is 26.0 Å². The van der Waals surface area contributed by atoms with Crippen LogP contribution in [0.3, 0.4) is 0 Å². The fourth-order valence-electron chi connectivity index (χ4n) is 2.02. The number of carbonyl (C=O) groups is 2. The van der Waals surface area contributed by atoms with E-state index in [9.17, 15) is 14.0 Å². The summed E-state index contributed by atoms with van der Waals surface area (Å²) in [5, 5.41) is 2.63. The lowest BCUT2D eigenvalue weighted by atomic mass is 10.0. The summed E-state index contributed by atoms with van der Waals surface area (Å²) in [6, 6.07) is 6.07. The number of halogens is 1. The molecule has 4 nitrogen and oxygen atoms in total. The first-order valence-electron chi connectivity index (χ1n) is 5.79. The highest BCUT2D eigenvalue weighted by atomic mass is 19.1. The average molecular weight is 250 g/mol. The molecule has 1 aromatic carbocycles. The van der Waals surface area contributed by atoms with Crippen LogP contribution in [0.1, 0.15) is 20.3 Å². The maximum atomic E-state index is 13.7. The van der Waals surface area contributed by atoms with Crippen molar-refractivity contribution in [3.05, 3.63) is 30.1 Å². The lowest BCUT2D eigenvalue weighted by molar-refractivity contribution is -0.128. The predicted molar refractivity (Wildman–Crippen MR) is 65.6 cm³/mol. The molecular weight excluding hydrogens is 235 g/mol. The van der Waals surface area contributed by atoms with Crippen LogP contribution in [0.2, 0.25) is 0 Å². The number of para-hydroxylation sites is 1. The highest BCUT2D eigenvalue weighted by Crippen LogP contribution is 2.24. The van der Waals surface area contributed by atoms with E-state index < -0.39 is 11.4 Å². The van der Waals surface area contributed by atoms with E-state index in [1.807, 2.05) is 0 Å². The summed E-state index contributed by atoms with van der Waals surface area (Å²) in [4.78, 5) is 25.2. The molecule has 0 aromatic heterocycles. The molecule has 0 bridgehead atoms. The number of benzene rings is 1. The van der Waals surface area contributed by atoms with Crippen LogP contribution in [0.15, 0.2) is 24.3 Å². The first-order chi connectivity index (χ1) is 8.42. The van der Waals surface area contributed by atoms with Gasteiger partial charge in [0.1, 0.15) is 11.4 Å². The van der Waals surface area contributed by atoms with Crippen LogP contribution in [0.4, 0.5) is 10.1 Å². The lowest BCUT2D eigenvalue weighted by Crippen LogP contribution is -2.53. The van der Waals surface area contributed by atoms with Crippen LogP contribution < -0.4 is 10.2 Å². The second-order valence-electron chi connectivity index (χ2n) is 4.83. The Labute approximate surface area is 105 Å². The number of hydrogen-bond acceptors (Lipinski definition) is 2. The van der Waals surface area contributed by atoms with Crippen molar-refractivity contribution in [1.29, 1.82) is 0 Å². The summed E-state index contributed by atoms with van der Waals surface area (Å²) in [5.74, 6) is -0.971. The van der Waals surface area contributed by atoms with Crippen LogP contribution in [0.25, 0.3) is 0 Å². The first-order valence-corrected chi connectivity index (χ1v) is 5.79. The summed E-state index contributed by atoms with van der Waals surface area (Å²) in [7, 11) is 0. The van der Waals surface area contributed by atoms with Crippen LogP contribution >= 0.6 is 0 Å². The molecule has 2 amide bonds. The van der Waals surface area contributed by atoms with Gasteiger partial charge in [-0.2, -0.15) is 0 Å². The molecule has 1 heterocycles. The molecule has 1 aliphatic rings. The van der Waals surface area contributed by atoms with Gasteiger partial charge in [-0.15, -0.1) is 0 Å². The highest BCUT2D eigenvalue weighted by molar-refractivity contribution is 6.03. The normalized spacial score (nSPS) is 19.4. The summed E-state index contributed by atoms with van der Waals surface area (Å²) < 4.78 is 13.7. The van der Waals surface area contributed by atoms with E-state index in [4.69, 9.17) is 0 Å². The van der Waals surface area contributed by atoms with Crippen molar-refractivity contribution in [2.75, 3.05) is 11.4 Å². The summed E-state index contributed by atoms with van der Waals surface area (Å²) in [6.07, 6.45) is 0.170. The first kappa shape index (κ1) is 12.5. The maximum absolute atomic E-state index is 13.7. The molecule has 0 aliphatic carbocycles. The Hall–Kier alpha value is -1.91. The van der Waals surface area contributed by atoms with Crippen molar-refractivity contribution in [1.82, 2.24) is 5.32 Å². The summed E-state index contributed by atoms with van der Waals surface area (Å²) >= 11 is 0. The second kappa shape index (κ2) is 4.40. The molecule has 0 unspecified atom stereocenters. The molecule has 96 valence electrons. The van der Waals surface area contributed by atoms with Gasteiger partial charge in [-0.1, -0.05) is 12.1 Å². The summed E-state index contributed by atoms with van der Waals surface area (Å²) in [6.45, 7) is 3.42. The molecule has 5 heteroatoms. The van der Waals surface area contributed by atoms with E-state index in [-0.39, 0.29) is 30.5 Å². The van der Waals surface area contributed by atoms with E-state index in [0.29, 0.717) is 0 Å². The standard InChI is InChI=1S/C13H15FN2O2/c1-13(2)12(18)16(8-7-11(17)15-13)10-6-4-3-5-9(10)14/h3-6H,7-8H2,1-2H3,(H,15,17). The largest absolute Gasteiger partial charge is 0.342 e. The number of amides is 2. The number of carbonyl (C=O) groups excluding carboxylic acids is 2. The number of nitrogens with zero attached hydrogens (tertiary/aromatic N) is 1. The zero-order valence-electron chi connectivity index (χ0n) is 10.4. The van der Waals surface area contributed by atoms with Crippen molar-refractivity contribution in [3.8, 4) is 0 Å². The third-order valence-electron chi connectivity index (χ3n) is 2.94. The van der Waals surface area contributed by atoms with Gasteiger partial charge in [0.05, 0.1) is 5.69 Å². The van der Waals surface area contributed by atoms with E-state index in [1.165, 1.54) is 11.0 Å². The minimum Gasteiger partial charge on any atom is -0.342 e. The second-order valence-corrected chi connectivity index (χ2v) is 4.83. The van der Waals surface area contributed by atoms with Gasteiger partial charge in [0.15, 0.2) is 0 Å². The Morgan fingerprint density at radius 3 is 2.61 bits per heavy atom. The van der Waals surface area contributed by atoms with Crippen molar-refractivity contribution in [3.63, 3.8) is 0 Å². The average Bonchev–Trinajstić information content (AvgIpc) is 2.39. The molecular formula is C13H15FN2O2. The van der Waals surface area contributed by atoms with Crippen LogP contribution in [0, 0.1) is 5.82 Å².